The molecule has 2 aromatic heterocycles. The number of aromatic nitrogens is 3. The molecule has 3 nitrogen and oxygen atoms in total. The van der Waals surface area contributed by atoms with Gasteiger partial charge in [-0.05, 0) is 30.9 Å². The van der Waals surface area contributed by atoms with Crippen molar-refractivity contribution in [2.24, 2.45) is 11.8 Å². The van der Waals surface area contributed by atoms with Gasteiger partial charge in [0.05, 0.1) is 5.88 Å². The van der Waals surface area contributed by atoms with Gasteiger partial charge in [0.25, 0.3) is 0 Å². The average molecular weight is 266 g/mol. The zero-order valence-corrected chi connectivity index (χ0v) is 12.2. The second kappa shape index (κ2) is 5.27. The highest BCUT2D eigenvalue weighted by atomic mass is 35.5. The Morgan fingerprint density at radius 1 is 1.22 bits per heavy atom. The Bertz CT molecular complexity index is 545. The molecule has 0 amide bonds. The molecule has 4 heteroatoms. The van der Waals surface area contributed by atoms with Crippen LogP contribution in [0.15, 0.2) is 12.1 Å². The molecule has 1 unspecified atom stereocenters. The van der Waals surface area contributed by atoms with Gasteiger partial charge in [-0.25, -0.2) is 9.97 Å². The molecular weight excluding hydrogens is 246 g/mol. The zero-order chi connectivity index (χ0) is 13.3. The maximum atomic E-state index is 6.00. The molecule has 0 spiro atoms. The first-order valence-corrected chi connectivity index (χ1v) is 6.95. The largest absolute Gasteiger partial charge is 0.311 e. The van der Waals surface area contributed by atoms with Crippen molar-refractivity contribution in [2.75, 3.05) is 0 Å². The fraction of sp³-hybridized carbons (Fsp3) is 0.571. The van der Waals surface area contributed by atoms with Crippen LogP contribution in [0.4, 0.5) is 0 Å². The lowest BCUT2D eigenvalue weighted by molar-refractivity contribution is 0.365. The van der Waals surface area contributed by atoms with E-state index in [4.69, 9.17) is 11.6 Å². The molecule has 0 aromatic carbocycles. The molecular formula is C14H20ClN3. The fourth-order valence-corrected chi connectivity index (χ4v) is 2.14. The van der Waals surface area contributed by atoms with Crippen molar-refractivity contribution in [2.45, 2.75) is 40.1 Å². The summed E-state index contributed by atoms with van der Waals surface area (Å²) in [5.41, 5.74) is 2.91. The van der Waals surface area contributed by atoms with Crippen LogP contribution in [0.5, 0.6) is 0 Å². The van der Waals surface area contributed by atoms with Gasteiger partial charge in [-0.15, -0.1) is 11.6 Å². The molecule has 0 radical (unpaired) electrons. The molecule has 1 atom stereocenters. The topological polar surface area (TPSA) is 30.7 Å². The number of nitrogens with zero attached hydrogens (tertiary/aromatic N) is 3. The number of hydrogen-bond acceptors (Lipinski definition) is 2. The summed E-state index contributed by atoms with van der Waals surface area (Å²) >= 11 is 6.00. The predicted molar refractivity (Wildman–Crippen MR) is 75.8 cm³/mol. The molecule has 0 N–H and O–H groups in total. The monoisotopic (exact) mass is 265 g/mol. The summed E-state index contributed by atoms with van der Waals surface area (Å²) in [6, 6.07) is 4.01. The number of aryl methyl sites for hydroxylation is 1. The van der Waals surface area contributed by atoms with Crippen LogP contribution >= 0.6 is 11.6 Å². The smallest absolute Gasteiger partial charge is 0.160 e. The number of fused-ring (bicyclic) bond motifs is 1. The standard InChI is InChI=1S/C14H20ClN3/c1-9(2)10(3)8-18-13(7-15)17-12-6-5-11(4)16-14(12)18/h5-6,9-10H,7-8H2,1-4H3. The van der Waals surface area contributed by atoms with Crippen molar-refractivity contribution in [1.29, 1.82) is 0 Å². The summed E-state index contributed by atoms with van der Waals surface area (Å²) in [5.74, 6) is 2.56. The summed E-state index contributed by atoms with van der Waals surface area (Å²) in [4.78, 5) is 9.15. The van der Waals surface area contributed by atoms with Gasteiger partial charge in [0.2, 0.25) is 0 Å². The maximum Gasteiger partial charge on any atom is 0.160 e. The molecule has 2 rings (SSSR count). The normalized spacial score (nSPS) is 13.4. The molecule has 2 aromatic rings. The van der Waals surface area contributed by atoms with E-state index in [0.717, 1.165) is 29.2 Å². The third-order valence-electron chi connectivity index (χ3n) is 3.54. The average Bonchev–Trinajstić information content (AvgIpc) is 2.67. The van der Waals surface area contributed by atoms with Crippen LogP contribution in [-0.4, -0.2) is 14.5 Å². The van der Waals surface area contributed by atoms with E-state index in [-0.39, 0.29) is 0 Å². The van der Waals surface area contributed by atoms with Gasteiger partial charge < -0.3 is 4.57 Å². The third kappa shape index (κ3) is 2.51. The molecule has 18 heavy (non-hydrogen) atoms. The van der Waals surface area contributed by atoms with Crippen LogP contribution in [0, 0.1) is 18.8 Å². The van der Waals surface area contributed by atoms with Crippen molar-refractivity contribution in [3.63, 3.8) is 0 Å². The predicted octanol–water partition coefficient (Wildman–Crippen LogP) is 3.77. The fourth-order valence-electron chi connectivity index (χ4n) is 1.94. The Morgan fingerprint density at radius 3 is 2.56 bits per heavy atom. The molecule has 0 aliphatic carbocycles. The number of alkyl halides is 1. The van der Waals surface area contributed by atoms with E-state index in [2.05, 4.69) is 35.3 Å². The van der Waals surface area contributed by atoms with E-state index in [0.29, 0.717) is 17.7 Å². The van der Waals surface area contributed by atoms with Gasteiger partial charge >= 0.3 is 0 Å². The number of halogens is 1. The van der Waals surface area contributed by atoms with Crippen LogP contribution in [0.1, 0.15) is 32.3 Å². The minimum absolute atomic E-state index is 0.431. The summed E-state index contributed by atoms with van der Waals surface area (Å²) in [7, 11) is 0. The third-order valence-corrected chi connectivity index (χ3v) is 3.78. The van der Waals surface area contributed by atoms with E-state index >= 15 is 0 Å². The van der Waals surface area contributed by atoms with Crippen molar-refractivity contribution in [1.82, 2.24) is 14.5 Å². The Hall–Kier alpha value is -1.09. The lowest BCUT2D eigenvalue weighted by Crippen LogP contribution is -2.15. The Balaban J connectivity index is 2.48. The number of imidazole rings is 1. The van der Waals surface area contributed by atoms with E-state index in [1.54, 1.807) is 0 Å². The van der Waals surface area contributed by atoms with E-state index in [1.165, 1.54) is 0 Å². The summed E-state index contributed by atoms with van der Waals surface area (Å²) in [6.07, 6.45) is 0. The van der Waals surface area contributed by atoms with E-state index in [9.17, 15) is 0 Å². The highest BCUT2D eigenvalue weighted by Crippen LogP contribution is 2.20. The highest BCUT2D eigenvalue weighted by molar-refractivity contribution is 6.16. The zero-order valence-electron chi connectivity index (χ0n) is 11.4. The molecule has 0 aliphatic heterocycles. The minimum Gasteiger partial charge on any atom is -0.311 e. The quantitative estimate of drug-likeness (QED) is 0.788. The van der Waals surface area contributed by atoms with Gasteiger partial charge in [-0.2, -0.15) is 0 Å². The molecule has 0 bridgehead atoms. The van der Waals surface area contributed by atoms with Crippen LogP contribution in [-0.2, 0) is 12.4 Å². The van der Waals surface area contributed by atoms with Crippen molar-refractivity contribution in [3.05, 3.63) is 23.7 Å². The van der Waals surface area contributed by atoms with Crippen molar-refractivity contribution < 1.29 is 0 Å². The first-order chi connectivity index (χ1) is 8.52. The van der Waals surface area contributed by atoms with Gasteiger partial charge in [0.15, 0.2) is 5.65 Å². The maximum absolute atomic E-state index is 6.00. The summed E-state index contributed by atoms with van der Waals surface area (Å²) in [5, 5.41) is 0. The van der Waals surface area contributed by atoms with Crippen molar-refractivity contribution >= 4 is 22.8 Å². The van der Waals surface area contributed by atoms with Crippen LogP contribution in [0.2, 0.25) is 0 Å². The van der Waals surface area contributed by atoms with Crippen LogP contribution in [0.25, 0.3) is 11.2 Å². The van der Waals surface area contributed by atoms with Gasteiger partial charge in [-0.1, -0.05) is 20.8 Å². The number of hydrogen-bond donors (Lipinski definition) is 0. The molecule has 98 valence electrons. The second-order valence-electron chi connectivity index (χ2n) is 5.29. The summed E-state index contributed by atoms with van der Waals surface area (Å²) < 4.78 is 2.17. The molecule has 0 fully saturated rings. The Kier molecular flexibility index (Phi) is 3.91. The molecule has 0 saturated carbocycles. The van der Waals surface area contributed by atoms with Crippen molar-refractivity contribution in [3.8, 4) is 0 Å². The van der Waals surface area contributed by atoms with Gasteiger partial charge in [0, 0.05) is 12.2 Å². The van der Waals surface area contributed by atoms with Crippen LogP contribution in [0.3, 0.4) is 0 Å². The molecule has 2 heterocycles. The second-order valence-corrected chi connectivity index (χ2v) is 5.56. The first kappa shape index (κ1) is 13.3. The Morgan fingerprint density at radius 2 is 1.94 bits per heavy atom. The lowest BCUT2D eigenvalue weighted by Gasteiger charge is -2.17. The first-order valence-electron chi connectivity index (χ1n) is 6.41. The number of rotatable bonds is 4. The molecule has 0 saturated heterocycles. The highest BCUT2D eigenvalue weighted by Gasteiger charge is 2.15. The minimum atomic E-state index is 0.431. The Labute approximate surface area is 113 Å². The SMILES string of the molecule is Cc1ccc2nc(CCl)n(CC(C)C(C)C)c2n1. The van der Waals surface area contributed by atoms with Gasteiger partial charge in [-0.3, -0.25) is 0 Å². The lowest BCUT2D eigenvalue weighted by atomic mass is 9.98. The van der Waals surface area contributed by atoms with E-state index in [1.807, 2.05) is 19.1 Å². The van der Waals surface area contributed by atoms with E-state index < -0.39 is 0 Å². The van der Waals surface area contributed by atoms with Crippen LogP contribution < -0.4 is 0 Å². The molecule has 0 aliphatic rings. The van der Waals surface area contributed by atoms with Gasteiger partial charge in [0.1, 0.15) is 11.3 Å². The summed E-state index contributed by atoms with van der Waals surface area (Å²) in [6.45, 7) is 9.66. The number of pyridine rings is 1.